The Bertz CT molecular complexity index is 831. The second-order valence-electron chi connectivity index (χ2n) is 5.02. The van der Waals surface area contributed by atoms with Gasteiger partial charge in [-0.3, -0.25) is 9.69 Å². The van der Waals surface area contributed by atoms with Crippen LogP contribution >= 0.6 is 47.2 Å². The van der Waals surface area contributed by atoms with Crippen molar-refractivity contribution in [3.8, 4) is 0 Å². The molecule has 0 atom stereocenters. The van der Waals surface area contributed by atoms with Crippen LogP contribution in [0.25, 0.3) is 6.08 Å². The number of rotatable bonds is 2. The van der Waals surface area contributed by atoms with Gasteiger partial charge < -0.3 is 0 Å². The Balaban J connectivity index is 1.94. The van der Waals surface area contributed by atoms with Crippen LogP contribution in [0.5, 0.6) is 0 Å². The van der Waals surface area contributed by atoms with E-state index < -0.39 is 0 Å². The van der Waals surface area contributed by atoms with E-state index in [-0.39, 0.29) is 5.91 Å². The summed E-state index contributed by atoms with van der Waals surface area (Å²) in [6.07, 6.45) is 1.74. The highest BCUT2D eigenvalue weighted by Gasteiger charge is 2.33. The largest absolute Gasteiger partial charge is 0.270 e. The van der Waals surface area contributed by atoms with Gasteiger partial charge in [-0.05, 0) is 42.8 Å². The third-order valence-corrected chi connectivity index (χ3v) is 5.20. The zero-order valence-electron chi connectivity index (χ0n) is 12.0. The summed E-state index contributed by atoms with van der Waals surface area (Å²) in [5.74, 6) is -0.144. The molecule has 0 aromatic heterocycles. The van der Waals surface area contributed by atoms with E-state index in [9.17, 15) is 4.79 Å². The van der Waals surface area contributed by atoms with Crippen LogP contribution in [-0.4, -0.2) is 10.2 Å². The average Bonchev–Trinajstić information content (AvgIpc) is 2.78. The maximum atomic E-state index is 12.7. The molecule has 1 amide bonds. The predicted octanol–water partition coefficient (Wildman–Crippen LogP) is 5.71. The van der Waals surface area contributed by atoms with Gasteiger partial charge in [0.05, 0.1) is 10.6 Å². The Labute approximate surface area is 154 Å². The van der Waals surface area contributed by atoms with Gasteiger partial charge in [-0.1, -0.05) is 70.9 Å². The SMILES string of the molecule is Cc1ccc(N2C(=O)C(=Cc3ccc(Cl)cc3Cl)SC2=S)cc1. The number of hydrogen-bond acceptors (Lipinski definition) is 3. The number of carbonyl (C=O) groups excluding carboxylic acids is 1. The molecule has 1 heterocycles. The first-order valence-corrected chi connectivity index (χ1v) is 8.73. The molecular formula is C17H11Cl2NOS2. The third-order valence-electron chi connectivity index (χ3n) is 3.33. The number of benzene rings is 2. The highest BCUT2D eigenvalue weighted by molar-refractivity contribution is 8.27. The fourth-order valence-electron chi connectivity index (χ4n) is 2.14. The van der Waals surface area contributed by atoms with Crippen molar-refractivity contribution in [3.05, 3.63) is 68.5 Å². The smallest absolute Gasteiger partial charge is 0.268 e. The topological polar surface area (TPSA) is 20.3 Å². The van der Waals surface area contributed by atoms with E-state index in [1.807, 2.05) is 31.2 Å². The summed E-state index contributed by atoms with van der Waals surface area (Å²) >= 11 is 18.7. The second-order valence-corrected chi connectivity index (χ2v) is 7.54. The number of amides is 1. The van der Waals surface area contributed by atoms with Crippen LogP contribution in [0, 0.1) is 6.92 Å². The van der Waals surface area contributed by atoms with E-state index in [1.54, 1.807) is 24.3 Å². The Morgan fingerprint density at radius 2 is 1.83 bits per heavy atom. The molecule has 2 aromatic rings. The van der Waals surface area contributed by atoms with E-state index in [4.69, 9.17) is 35.4 Å². The normalized spacial score (nSPS) is 16.5. The van der Waals surface area contributed by atoms with Gasteiger partial charge in [-0.25, -0.2) is 0 Å². The standard InChI is InChI=1S/C17H11Cl2NOS2/c1-10-2-6-13(7-3-10)20-16(21)15(23-17(20)22)8-11-4-5-12(18)9-14(11)19/h2-9H,1H3. The molecular weight excluding hydrogens is 369 g/mol. The summed E-state index contributed by atoms with van der Waals surface area (Å²) in [5.41, 5.74) is 2.63. The van der Waals surface area contributed by atoms with Crippen molar-refractivity contribution in [2.24, 2.45) is 0 Å². The Kier molecular flexibility index (Phi) is 4.78. The van der Waals surface area contributed by atoms with Crippen LogP contribution in [0.15, 0.2) is 47.4 Å². The molecule has 1 aliphatic heterocycles. The molecule has 0 radical (unpaired) electrons. The molecule has 1 fully saturated rings. The Hall–Kier alpha value is -1.33. The highest BCUT2D eigenvalue weighted by atomic mass is 35.5. The number of nitrogens with zero attached hydrogens (tertiary/aromatic N) is 1. The molecule has 3 rings (SSSR count). The van der Waals surface area contributed by atoms with Gasteiger partial charge in [0.15, 0.2) is 4.32 Å². The Morgan fingerprint density at radius 3 is 2.48 bits per heavy atom. The molecule has 6 heteroatoms. The highest BCUT2D eigenvalue weighted by Crippen LogP contribution is 2.37. The summed E-state index contributed by atoms with van der Waals surface area (Å²) in [6, 6.07) is 12.8. The lowest BCUT2D eigenvalue weighted by Crippen LogP contribution is -2.27. The number of aryl methyl sites for hydroxylation is 1. The number of thioether (sulfide) groups is 1. The maximum absolute atomic E-state index is 12.7. The average molecular weight is 380 g/mol. The van der Waals surface area contributed by atoms with Crippen molar-refractivity contribution in [1.29, 1.82) is 0 Å². The van der Waals surface area contributed by atoms with Crippen LogP contribution in [0.3, 0.4) is 0 Å². The number of thiocarbonyl (C=S) groups is 1. The third kappa shape index (κ3) is 3.45. The molecule has 23 heavy (non-hydrogen) atoms. The van der Waals surface area contributed by atoms with Crippen LogP contribution in [0.2, 0.25) is 10.0 Å². The number of halogens is 2. The van der Waals surface area contributed by atoms with Gasteiger partial charge in [0.2, 0.25) is 0 Å². The van der Waals surface area contributed by atoms with Gasteiger partial charge in [-0.2, -0.15) is 0 Å². The summed E-state index contributed by atoms with van der Waals surface area (Å²) < 4.78 is 0.509. The summed E-state index contributed by atoms with van der Waals surface area (Å²) in [4.78, 5) is 14.7. The van der Waals surface area contributed by atoms with Crippen molar-refractivity contribution in [3.63, 3.8) is 0 Å². The lowest BCUT2D eigenvalue weighted by molar-refractivity contribution is -0.113. The molecule has 2 nitrogen and oxygen atoms in total. The molecule has 0 bridgehead atoms. The first-order chi connectivity index (χ1) is 11.0. The van der Waals surface area contributed by atoms with Gasteiger partial charge in [0.1, 0.15) is 0 Å². The van der Waals surface area contributed by atoms with Crippen molar-refractivity contribution < 1.29 is 4.79 Å². The monoisotopic (exact) mass is 379 g/mol. The van der Waals surface area contributed by atoms with Crippen molar-refractivity contribution in [2.45, 2.75) is 6.92 Å². The maximum Gasteiger partial charge on any atom is 0.270 e. The predicted molar refractivity (Wildman–Crippen MR) is 103 cm³/mol. The summed E-state index contributed by atoms with van der Waals surface area (Å²) in [7, 11) is 0. The lowest BCUT2D eigenvalue weighted by Gasteiger charge is -2.14. The molecule has 0 unspecified atom stereocenters. The van der Waals surface area contributed by atoms with Gasteiger partial charge in [0.25, 0.3) is 5.91 Å². The van der Waals surface area contributed by atoms with Crippen LogP contribution in [0.4, 0.5) is 5.69 Å². The van der Waals surface area contributed by atoms with Crippen LogP contribution in [-0.2, 0) is 4.79 Å². The molecule has 0 aliphatic carbocycles. The minimum atomic E-state index is -0.144. The van der Waals surface area contributed by atoms with E-state index >= 15 is 0 Å². The zero-order valence-corrected chi connectivity index (χ0v) is 15.2. The minimum Gasteiger partial charge on any atom is -0.268 e. The van der Waals surface area contributed by atoms with Crippen molar-refractivity contribution in [2.75, 3.05) is 4.90 Å². The fraction of sp³-hybridized carbons (Fsp3) is 0.0588. The van der Waals surface area contributed by atoms with Gasteiger partial charge in [-0.15, -0.1) is 0 Å². The zero-order chi connectivity index (χ0) is 16.6. The second kappa shape index (κ2) is 6.65. The summed E-state index contributed by atoms with van der Waals surface area (Å²) in [5, 5.41) is 1.05. The van der Waals surface area contributed by atoms with Crippen molar-refractivity contribution in [1.82, 2.24) is 0 Å². The van der Waals surface area contributed by atoms with Crippen LogP contribution in [0.1, 0.15) is 11.1 Å². The van der Waals surface area contributed by atoms with E-state index in [0.29, 0.717) is 19.3 Å². The first-order valence-electron chi connectivity index (χ1n) is 6.75. The number of hydrogen-bond donors (Lipinski definition) is 0. The minimum absolute atomic E-state index is 0.144. The Morgan fingerprint density at radius 1 is 1.13 bits per heavy atom. The molecule has 0 spiro atoms. The van der Waals surface area contributed by atoms with E-state index in [0.717, 1.165) is 16.8 Å². The molecule has 116 valence electrons. The summed E-state index contributed by atoms with van der Waals surface area (Å²) in [6.45, 7) is 2.00. The lowest BCUT2D eigenvalue weighted by atomic mass is 10.2. The molecule has 0 N–H and O–H groups in total. The first kappa shape index (κ1) is 16.5. The molecule has 2 aromatic carbocycles. The molecule has 1 saturated heterocycles. The quantitative estimate of drug-likeness (QED) is 0.492. The number of anilines is 1. The van der Waals surface area contributed by atoms with E-state index in [1.165, 1.54) is 16.7 Å². The van der Waals surface area contributed by atoms with Crippen LogP contribution < -0.4 is 4.90 Å². The van der Waals surface area contributed by atoms with E-state index in [2.05, 4.69) is 0 Å². The fourth-order valence-corrected chi connectivity index (χ4v) is 3.90. The van der Waals surface area contributed by atoms with Crippen molar-refractivity contribution >= 4 is 69.2 Å². The molecule has 1 aliphatic rings. The van der Waals surface area contributed by atoms with Gasteiger partial charge >= 0.3 is 0 Å². The molecule has 0 saturated carbocycles. The van der Waals surface area contributed by atoms with Gasteiger partial charge in [0, 0.05) is 10.0 Å². The number of carbonyl (C=O) groups is 1.